The van der Waals surface area contributed by atoms with Gasteiger partial charge in [0.25, 0.3) is 0 Å². The van der Waals surface area contributed by atoms with E-state index in [-0.39, 0.29) is 11.6 Å². The van der Waals surface area contributed by atoms with Crippen molar-refractivity contribution in [2.75, 3.05) is 0 Å². The minimum absolute atomic E-state index is 0.103. The van der Waals surface area contributed by atoms with Crippen LogP contribution in [0.25, 0.3) is 0 Å². The fraction of sp³-hybridized carbons (Fsp3) is 0.185. The second kappa shape index (κ2) is 8.83. The highest BCUT2D eigenvalue weighted by molar-refractivity contribution is 5.97. The van der Waals surface area contributed by atoms with Crippen LogP contribution in [0.15, 0.2) is 84.9 Å². The van der Waals surface area contributed by atoms with Crippen LogP contribution < -0.4 is 0 Å². The third-order valence-corrected chi connectivity index (χ3v) is 5.37. The number of carbonyl (C=O) groups is 2. The van der Waals surface area contributed by atoms with E-state index in [1.807, 2.05) is 60.7 Å². The Kier molecular flexibility index (Phi) is 5.81. The van der Waals surface area contributed by atoms with Crippen molar-refractivity contribution in [1.82, 2.24) is 0 Å². The number of rotatable bonds is 0. The maximum atomic E-state index is 12.4. The Morgan fingerprint density at radius 3 is 1.69 bits per heavy atom. The Labute approximate surface area is 171 Å². The Bertz CT molecular complexity index is 1040. The molecule has 2 heteroatoms. The van der Waals surface area contributed by atoms with Gasteiger partial charge in [-0.05, 0) is 41.5 Å². The SMILES string of the molecule is O=C1C/C=C/CCC(=O)c2ccc(cc2)Cc2cccc(c2)Cc2ccc1cc2. The van der Waals surface area contributed by atoms with E-state index in [9.17, 15) is 9.59 Å². The molecule has 0 unspecified atom stereocenters. The molecule has 0 aromatic heterocycles. The van der Waals surface area contributed by atoms with Crippen molar-refractivity contribution >= 4 is 11.6 Å². The molecule has 3 aromatic carbocycles. The summed E-state index contributed by atoms with van der Waals surface area (Å²) >= 11 is 0. The van der Waals surface area contributed by atoms with Gasteiger partial charge in [0.05, 0.1) is 0 Å². The van der Waals surface area contributed by atoms with Gasteiger partial charge in [0, 0.05) is 24.0 Å². The Balaban J connectivity index is 1.63. The molecule has 2 nitrogen and oxygen atoms in total. The van der Waals surface area contributed by atoms with Gasteiger partial charge >= 0.3 is 0 Å². The minimum Gasteiger partial charge on any atom is -0.294 e. The van der Waals surface area contributed by atoms with E-state index in [2.05, 4.69) is 24.3 Å². The Hall–Kier alpha value is -3.26. The predicted molar refractivity (Wildman–Crippen MR) is 117 cm³/mol. The molecule has 6 bridgehead atoms. The third kappa shape index (κ3) is 4.97. The third-order valence-electron chi connectivity index (χ3n) is 5.37. The van der Waals surface area contributed by atoms with Crippen molar-refractivity contribution in [1.29, 1.82) is 0 Å². The summed E-state index contributed by atoms with van der Waals surface area (Å²) in [5, 5.41) is 0. The number of allylic oxidation sites excluding steroid dienone is 2. The molecule has 0 heterocycles. The highest BCUT2D eigenvalue weighted by atomic mass is 16.1. The number of benzene rings is 3. The number of Topliss-reactive ketones (excluding diaryl/α,β-unsaturated/α-hetero) is 2. The molecule has 0 aliphatic heterocycles. The van der Waals surface area contributed by atoms with Crippen LogP contribution >= 0.6 is 0 Å². The summed E-state index contributed by atoms with van der Waals surface area (Å²) in [5.41, 5.74) is 6.40. The maximum Gasteiger partial charge on any atom is 0.166 e. The van der Waals surface area contributed by atoms with E-state index in [0.29, 0.717) is 19.3 Å². The standard InChI is InChI=1S/C27H24O2/c28-26-7-2-1-3-8-27(29)25-15-11-21(12-16-25)18-23-6-4-5-22(19-23)17-20-9-13-24(26)14-10-20/h1-2,4-6,9-16,19H,3,7-8,17-18H2/b2-1+. The van der Waals surface area contributed by atoms with Gasteiger partial charge in [0.1, 0.15) is 0 Å². The van der Waals surface area contributed by atoms with Gasteiger partial charge in [-0.1, -0.05) is 84.9 Å². The maximum absolute atomic E-state index is 12.4. The van der Waals surface area contributed by atoms with Crippen molar-refractivity contribution in [2.24, 2.45) is 0 Å². The molecule has 0 radical (unpaired) electrons. The molecule has 0 saturated carbocycles. The predicted octanol–water partition coefficient (Wildman–Crippen LogP) is 5.97. The number of ketones is 2. The first-order valence-corrected chi connectivity index (χ1v) is 10.1. The molecule has 0 fully saturated rings. The second-order valence-corrected chi connectivity index (χ2v) is 7.63. The monoisotopic (exact) mass is 380 g/mol. The first-order valence-electron chi connectivity index (χ1n) is 10.1. The lowest BCUT2D eigenvalue weighted by atomic mass is 9.97. The number of hydrogen-bond donors (Lipinski definition) is 0. The summed E-state index contributed by atoms with van der Waals surface area (Å²) in [6.07, 6.45) is 6.97. The molecule has 7 rings (SSSR count). The Morgan fingerprint density at radius 1 is 0.552 bits per heavy atom. The normalized spacial score (nSPS) is 16.0. The molecular weight excluding hydrogens is 356 g/mol. The molecule has 4 aliphatic rings. The van der Waals surface area contributed by atoms with Crippen LogP contribution in [0.2, 0.25) is 0 Å². The number of carbonyl (C=O) groups excluding carboxylic acids is 2. The molecular formula is C27H24O2. The smallest absolute Gasteiger partial charge is 0.166 e. The molecule has 0 spiro atoms. The van der Waals surface area contributed by atoms with E-state index in [1.54, 1.807) is 0 Å². The number of hydrogen-bond acceptors (Lipinski definition) is 2. The van der Waals surface area contributed by atoms with Gasteiger partial charge in [0.15, 0.2) is 11.6 Å². The van der Waals surface area contributed by atoms with Gasteiger partial charge in [-0.15, -0.1) is 0 Å². The molecule has 0 atom stereocenters. The average molecular weight is 380 g/mol. The molecule has 144 valence electrons. The van der Waals surface area contributed by atoms with E-state index in [1.165, 1.54) is 22.3 Å². The van der Waals surface area contributed by atoms with E-state index >= 15 is 0 Å². The van der Waals surface area contributed by atoms with Gasteiger partial charge in [0.2, 0.25) is 0 Å². The average Bonchev–Trinajstić information content (AvgIpc) is 2.74. The fourth-order valence-electron chi connectivity index (χ4n) is 3.72. The summed E-state index contributed by atoms with van der Waals surface area (Å²) < 4.78 is 0. The summed E-state index contributed by atoms with van der Waals surface area (Å²) in [7, 11) is 0. The van der Waals surface area contributed by atoms with Gasteiger partial charge in [-0.3, -0.25) is 9.59 Å². The van der Waals surface area contributed by atoms with Gasteiger partial charge in [-0.2, -0.15) is 0 Å². The van der Waals surface area contributed by atoms with Crippen molar-refractivity contribution < 1.29 is 9.59 Å². The van der Waals surface area contributed by atoms with Crippen LogP contribution in [0.1, 0.15) is 62.2 Å². The van der Waals surface area contributed by atoms with Gasteiger partial charge < -0.3 is 0 Å². The van der Waals surface area contributed by atoms with Crippen molar-refractivity contribution in [3.8, 4) is 0 Å². The molecule has 4 aliphatic carbocycles. The van der Waals surface area contributed by atoms with E-state index in [4.69, 9.17) is 0 Å². The van der Waals surface area contributed by atoms with Crippen molar-refractivity contribution in [3.63, 3.8) is 0 Å². The highest BCUT2D eigenvalue weighted by Gasteiger charge is 2.08. The van der Waals surface area contributed by atoms with Crippen molar-refractivity contribution in [2.45, 2.75) is 32.1 Å². The van der Waals surface area contributed by atoms with Crippen molar-refractivity contribution in [3.05, 3.63) is 118 Å². The molecule has 0 N–H and O–H groups in total. The Morgan fingerprint density at radius 2 is 1.10 bits per heavy atom. The molecule has 3 aromatic rings. The molecule has 0 amide bonds. The molecule has 29 heavy (non-hydrogen) atoms. The largest absolute Gasteiger partial charge is 0.294 e. The fourth-order valence-corrected chi connectivity index (χ4v) is 3.72. The first-order chi connectivity index (χ1) is 14.2. The summed E-state index contributed by atoms with van der Waals surface area (Å²) in [5.74, 6) is 0.241. The summed E-state index contributed by atoms with van der Waals surface area (Å²) in [6, 6.07) is 24.5. The zero-order valence-corrected chi connectivity index (χ0v) is 16.4. The van der Waals surface area contributed by atoms with Crippen LogP contribution in [-0.2, 0) is 12.8 Å². The van der Waals surface area contributed by atoms with E-state index in [0.717, 1.165) is 24.0 Å². The minimum atomic E-state index is 0.103. The zero-order chi connectivity index (χ0) is 20.1. The molecule has 0 saturated heterocycles. The topological polar surface area (TPSA) is 34.1 Å². The van der Waals surface area contributed by atoms with Crippen LogP contribution in [0.4, 0.5) is 0 Å². The quantitative estimate of drug-likeness (QED) is 0.450. The zero-order valence-electron chi connectivity index (χ0n) is 16.4. The lowest BCUT2D eigenvalue weighted by Gasteiger charge is -2.08. The van der Waals surface area contributed by atoms with E-state index < -0.39 is 0 Å². The van der Waals surface area contributed by atoms with Crippen LogP contribution in [0.5, 0.6) is 0 Å². The lowest BCUT2D eigenvalue weighted by molar-refractivity contribution is 0.0981. The lowest BCUT2D eigenvalue weighted by Crippen LogP contribution is -2.00. The summed E-state index contributed by atoms with van der Waals surface area (Å²) in [4.78, 5) is 24.7. The van der Waals surface area contributed by atoms with Crippen LogP contribution in [0.3, 0.4) is 0 Å². The second-order valence-electron chi connectivity index (χ2n) is 7.63. The van der Waals surface area contributed by atoms with Crippen LogP contribution in [-0.4, -0.2) is 11.6 Å². The van der Waals surface area contributed by atoms with Crippen LogP contribution in [0, 0.1) is 0 Å². The van der Waals surface area contributed by atoms with Gasteiger partial charge in [-0.25, -0.2) is 0 Å². The highest BCUT2D eigenvalue weighted by Crippen LogP contribution is 2.17. The first kappa shape index (κ1) is 19.1. The summed E-state index contributed by atoms with van der Waals surface area (Å²) in [6.45, 7) is 0.